The molecule has 1 aliphatic rings. The molecule has 0 aliphatic carbocycles. The van der Waals surface area contributed by atoms with E-state index in [9.17, 15) is 22.8 Å². The van der Waals surface area contributed by atoms with Gasteiger partial charge in [0.25, 0.3) is 5.91 Å². The minimum Gasteiger partial charge on any atom is -0.465 e. The van der Waals surface area contributed by atoms with Gasteiger partial charge >= 0.3 is 11.9 Å². The summed E-state index contributed by atoms with van der Waals surface area (Å²) in [5.74, 6) is -1.83. The molecule has 1 N–H and O–H groups in total. The first-order chi connectivity index (χ1) is 14.5. The third kappa shape index (κ3) is 4.53. The fourth-order valence-corrected chi connectivity index (χ4v) is 4.89. The third-order valence-electron chi connectivity index (χ3n) is 4.89. The summed E-state index contributed by atoms with van der Waals surface area (Å²) >= 11 is 0. The van der Waals surface area contributed by atoms with Gasteiger partial charge in [-0.05, 0) is 55.3 Å². The Balaban J connectivity index is 1.91. The number of nitrogens with one attached hydrogen (secondary N) is 1. The number of anilines is 2. The second-order valence-electron chi connectivity index (χ2n) is 7.19. The maximum Gasteiger partial charge on any atom is 0.337 e. The maximum absolute atomic E-state index is 12.8. The van der Waals surface area contributed by atoms with Crippen LogP contribution in [0, 0.1) is 0 Å². The Bertz CT molecular complexity index is 1140. The van der Waals surface area contributed by atoms with E-state index in [4.69, 9.17) is 0 Å². The molecule has 2 aromatic carbocycles. The van der Waals surface area contributed by atoms with E-state index in [2.05, 4.69) is 14.8 Å². The molecule has 0 unspecified atom stereocenters. The molecule has 0 saturated heterocycles. The summed E-state index contributed by atoms with van der Waals surface area (Å²) in [6.07, 6.45) is 1.63. The number of benzene rings is 2. The van der Waals surface area contributed by atoms with Crippen molar-refractivity contribution in [2.45, 2.75) is 19.4 Å². The van der Waals surface area contributed by atoms with Crippen molar-refractivity contribution < 1.29 is 32.3 Å². The van der Waals surface area contributed by atoms with Crippen molar-refractivity contribution in [1.29, 1.82) is 0 Å². The smallest absolute Gasteiger partial charge is 0.337 e. The summed E-state index contributed by atoms with van der Waals surface area (Å²) in [4.78, 5) is 36.6. The molecule has 0 aromatic heterocycles. The van der Waals surface area contributed by atoms with Gasteiger partial charge in [0.05, 0.1) is 37.3 Å². The van der Waals surface area contributed by atoms with Gasteiger partial charge in [0, 0.05) is 17.3 Å². The Hall–Kier alpha value is -3.40. The first-order valence-corrected chi connectivity index (χ1v) is 11.2. The molecular weight excluding hydrogens is 424 g/mol. The Morgan fingerprint density at radius 2 is 1.55 bits per heavy atom. The van der Waals surface area contributed by atoms with Gasteiger partial charge in [-0.3, -0.25) is 9.10 Å². The van der Waals surface area contributed by atoms with Gasteiger partial charge in [0.15, 0.2) is 0 Å². The van der Waals surface area contributed by atoms with Crippen LogP contribution in [-0.4, -0.2) is 52.8 Å². The minimum absolute atomic E-state index is 0.0762. The van der Waals surface area contributed by atoms with Gasteiger partial charge in [-0.15, -0.1) is 0 Å². The van der Waals surface area contributed by atoms with E-state index < -0.39 is 27.9 Å². The second kappa shape index (κ2) is 8.38. The number of sulfonamides is 1. The predicted octanol–water partition coefficient (Wildman–Crippen LogP) is 2.22. The summed E-state index contributed by atoms with van der Waals surface area (Å²) in [6.45, 7) is 1.80. The third-order valence-corrected chi connectivity index (χ3v) is 6.16. The fourth-order valence-electron chi connectivity index (χ4n) is 3.62. The molecule has 2 aromatic rings. The Labute approximate surface area is 180 Å². The molecule has 3 rings (SSSR count). The first-order valence-electron chi connectivity index (χ1n) is 9.30. The van der Waals surface area contributed by atoms with Crippen LogP contribution in [0.15, 0.2) is 36.4 Å². The molecule has 164 valence electrons. The molecule has 0 fully saturated rings. The van der Waals surface area contributed by atoms with E-state index >= 15 is 0 Å². The predicted molar refractivity (Wildman–Crippen MR) is 114 cm³/mol. The average molecular weight is 446 g/mol. The molecule has 31 heavy (non-hydrogen) atoms. The van der Waals surface area contributed by atoms with E-state index in [0.717, 1.165) is 11.8 Å². The number of carbonyl (C=O) groups excluding carboxylic acids is 3. The van der Waals surface area contributed by atoms with Crippen LogP contribution < -0.4 is 9.62 Å². The molecule has 1 heterocycles. The van der Waals surface area contributed by atoms with Crippen LogP contribution in [0.3, 0.4) is 0 Å². The molecule has 0 spiro atoms. The van der Waals surface area contributed by atoms with Crippen LogP contribution in [0.5, 0.6) is 0 Å². The monoisotopic (exact) mass is 446 g/mol. The highest BCUT2D eigenvalue weighted by Gasteiger charge is 2.32. The fraction of sp³-hybridized carbons (Fsp3) is 0.286. The zero-order valence-corrected chi connectivity index (χ0v) is 18.3. The molecule has 1 aliphatic heterocycles. The lowest BCUT2D eigenvalue weighted by Gasteiger charge is -2.21. The van der Waals surface area contributed by atoms with Crippen LogP contribution in [0.4, 0.5) is 11.4 Å². The molecule has 10 heteroatoms. The number of hydrogen-bond donors (Lipinski definition) is 1. The molecule has 9 nitrogen and oxygen atoms in total. The van der Waals surface area contributed by atoms with Crippen LogP contribution in [0.25, 0.3) is 0 Å². The van der Waals surface area contributed by atoms with E-state index in [-0.39, 0.29) is 22.9 Å². The van der Waals surface area contributed by atoms with Crippen molar-refractivity contribution in [2.24, 2.45) is 0 Å². The van der Waals surface area contributed by atoms with Crippen molar-refractivity contribution in [2.75, 3.05) is 30.1 Å². The van der Waals surface area contributed by atoms with Crippen LogP contribution in [-0.2, 0) is 25.9 Å². The summed E-state index contributed by atoms with van der Waals surface area (Å²) < 4.78 is 34.8. The van der Waals surface area contributed by atoms with Gasteiger partial charge in [-0.1, -0.05) is 0 Å². The highest BCUT2D eigenvalue weighted by atomic mass is 32.2. The zero-order valence-electron chi connectivity index (χ0n) is 17.5. The van der Waals surface area contributed by atoms with Gasteiger partial charge in [-0.25, -0.2) is 18.0 Å². The van der Waals surface area contributed by atoms with Crippen molar-refractivity contribution in [3.05, 3.63) is 58.7 Å². The minimum atomic E-state index is -3.43. The van der Waals surface area contributed by atoms with Crippen LogP contribution >= 0.6 is 0 Å². The number of esters is 2. The number of fused-ring (bicyclic) bond motifs is 1. The molecule has 0 radical (unpaired) electrons. The number of methoxy groups -OCH3 is 2. The zero-order chi connectivity index (χ0) is 22.9. The number of carbonyl (C=O) groups is 3. The molecule has 1 atom stereocenters. The lowest BCUT2D eigenvalue weighted by molar-refractivity contribution is 0.0598. The maximum atomic E-state index is 12.8. The van der Waals surface area contributed by atoms with Crippen LogP contribution in [0.1, 0.15) is 43.6 Å². The quantitative estimate of drug-likeness (QED) is 0.700. The molecule has 1 amide bonds. The number of hydrogen-bond acceptors (Lipinski definition) is 7. The number of rotatable bonds is 5. The van der Waals surface area contributed by atoms with E-state index in [1.807, 2.05) is 0 Å². The first kappa shape index (κ1) is 22.3. The molecular formula is C21H22N2O7S. The second-order valence-corrected chi connectivity index (χ2v) is 9.05. The normalized spacial score (nSPS) is 15.2. The van der Waals surface area contributed by atoms with Crippen molar-refractivity contribution in [3.8, 4) is 0 Å². The van der Waals surface area contributed by atoms with Crippen molar-refractivity contribution >= 4 is 39.2 Å². The Kier molecular flexibility index (Phi) is 6.03. The summed E-state index contributed by atoms with van der Waals surface area (Å²) in [6, 6.07) is 8.59. The van der Waals surface area contributed by atoms with Gasteiger partial charge < -0.3 is 14.8 Å². The van der Waals surface area contributed by atoms with Crippen molar-refractivity contribution in [3.63, 3.8) is 0 Å². The molecule has 0 saturated carbocycles. The van der Waals surface area contributed by atoms with Crippen molar-refractivity contribution in [1.82, 2.24) is 0 Å². The Morgan fingerprint density at radius 3 is 2.06 bits per heavy atom. The van der Waals surface area contributed by atoms with E-state index in [1.165, 1.54) is 42.8 Å². The topological polar surface area (TPSA) is 119 Å². The lowest BCUT2D eigenvalue weighted by atomic mass is 10.1. The number of nitrogens with zero attached hydrogens (tertiary/aromatic N) is 1. The standard InChI is InChI=1S/C21H22N2O7S/c1-12-7-14-8-13(5-6-18(14)23(12)31(4,27)28)19(24)22-17-10-15(20(25)29-2)9-16(11-17)21(26)30-3/h5-6,8-12H,7H2,1-4H3,(H,22,24)/t12-/m1/s1. The summed E-state index contributed by atoms with van der Waals surface area (Å²) in [5, 5.41) is 2.65. The van der Waals surface area contributed by atoms with Gasteiger partial charge in [0.2, 0.25) is 10.0 Å². The highest BCUT2D eigenvalue weighted by molar-refractivity contribution is 7.92. The highest BCUT2D eigenvalue weighted by Crippen LogP contribution is 2.34. The molecule has 0 bridgehead atoms. The average Bonchev–Trinajstić information content (AvgIpc) is 3.07. The SMILES string of the molecule is COC(=O)c1cc(NC(=O)c2ccc3c(c2)C[C@@H](C)N3S(C)(=O)=O)cc(C(=O)OC)c1. The number of amides is 1. The summed E-state index contributed by atoms with van der Waals surface area (Å²) in [5.41, 5.74) is 1.96. The van der Waals surface area contributed by atoms with E-state index in [1.54, 1.807) is 19.1 Å². The van der Waals surface area contributed by atoms with Crippen LogP contribution in [0.2, 0.25) is 0 Å². The Morgan fingerprint density at radius 1 is 0.968 bits per heavy atom. The van der Waals surface area contributed by atoms with Gasteiger partial charge in [-0.2, -0.15) is 0 Å². The largest absolute Gasteiger partial charge is 0.465 e. The summed E-state index contributed by atoms with van der Waals surface area (Å²) in [7, 11) is -1.02. The lowest BCUT2D eigenvalue weighted by Crippen LogP contribution is -2.34. The number of ether oxygens (including phenoxy) is 2. The van der Waals surface area contributed by atoms with E-state index in [0.29, 0.717) is 17.7 Å². The van der Waals surface area contributed by atoms with Gasteiger partial charge in [0.1, 0.15) is 0 Å².